The maximum absolute atomic E-state index is 2.35. The first-order valence-corrected chi connectivity index (χ1v) is 9.44. The first-order valence-electron chi connectivity index (χ1n) is 8.63. The molecule has 0 aliphatic heterocycles. The van der Waals surface area contributed by atoms with Gasteiger partial charge < -0.3 is 0 Å². The van der Waals surface area contributed by atoms with Crippen LogP contribution >= 0.6 is 11.3 Å². The van der Waals surface area contributed by atoms with Gasteiger partial charge in [-0.1, -0.05) is 78.9 Å². The molecule has 0 amide bonds. The molecule has 1 heteroatoms. The van der Waals surface area contributed by atoms with Crippen LogP contribution in [0, 0.1) is 0 Å². The third-order valence-electron chi connectivity index (χ3n) is 5.22. The molecule has 0 N–H and O–H groups in total. The van der Waals surface area contributed by atoms with Gasteiger partial charge in [0.2, 0.25) is 0 Å². The lowest BCUT2D eigenvalue weighted by atomic mass is 9.82. The van der Waals surface area contributed by atoms with Crippen molar-refractivity contribution >= 4 is 44.3 Å². The lowest BCUT2D eigenvalue weighted by Crippen LogP contribution is -2.14. The first kappa shape index (κ1) is 14.7. The molecule has 25 heavy (non-hydrogen) atoms. The van der Waals surface area contributed by atoms with Crippen molar-refractivity contribution in [2.45, 2.75) is 12.3 Å². The van der Waals surface area contributed by atoms with Crippen LogP contribution in [0.4, 0.5) is 0 Å². The fourth-order valence-electron chi connectivity index (χ4n) is 3.75. The van der Waals surface area contributed by atoms with E-state index in [2.05, 4.69) is 98.0 Å². The van der Waals surface area contributed by atoms with Crippen molar-refractivity contribution in [3.8, 4) is 0 Å². The topological polar surface area (TPSA) is 0 Å². The summed E-state index contributed by atoms with van der Waals surface area (Å²) in [5, 5.41) is 4.04. The SMILES string of the molecule is CC1(c2ccccc2)C=Cc2sc3ccc4ccccc4c3c2C=C1. The minimum absolute atomic E-state index is 0.0725. The molecular formula is C24H18S. The van der Waals surface area contributed by atoms with Crippen molar-refractivity contribution in [3.05, 3.63) is 94.9 Å². The maximum Gasteiger partial charge on any atom is 0.0361 e. The van der Waals surface area contributed by atoms with E-state index in [9.17, 15) is 0 Å². The molecule has 5 rings (SSSR count). The molecule has 0 spiro atoms. The molecule has 1 aliphatic carbocycles. The van der Waals surface area contributed by atoms with Crippen LogP contribution in [0.1, 0.15) is 22.9 Å². The van der Waals surface area contributed by atoms with Gasteiger partial charge >= 0.3 is 0 Å². The summed E-state index contributed by atoms with van der Waals surface area (Å²) in [6.07, 6.45) is 9.32. The van der Waals surface area contributed by atoms with E-state index in [1.165, 1.54) is 36.9 Å². The fraction of sp³-hybridized carbons (Fsp3) is 0.0833. The van der Waals surface area contributed by atoms with Crippen molar-refractivity contribution in [1.82, 2.24) is 0 Å². The summed E-state index contributed by atoms with van der Waals surface area (Å²) < 4.78 is 1.36. The van der Waals surface area contributed by atoms with E-state index in [0.717, 1.165) is 0 Å². The second-order valence-corrected chi connectivity index (χ2v) is 7.94. The van der Waals surface area contributed by atoms with Crippen molar-refractivity contribution < 1.29 is 0 Å². The smallest absolute Gasteiger partial charge is 0.0361 e. The Kier molecular flexibility index (Phi) is 3.19. The molecule has 1 aliphatic rings. The van der Waals surface area contributed by atoms with E-state index in [1.807, 2.05) is 11.3 Å². The minimum atomic E-state index is -0.0725. The van der Waals surface area contributed by atoms with Gasteiger partial charge in [-0.15, -0.1) is 11.3 Å². The molecular weight excluding hydrogens is 320 g/mol. The molecule has 1 unspecified atom stereocenters. The van der Waals surface area contributed by atoms with Crippen LogP contribution < -0.4 is 0 Å². The number of fused-ring (bicyclic) bond motifs is 5. The van der Waals surface area contributed by atoms with Crippen LogP contribution in [0.2, 0.25) is 0 Å². The van der Waals surface area contributed by atoms with E-state index in [4.69, 9.17) is 0 Å². The predicted molar refractivity (Wildman–Crippen MR) is 111 cm³/mol. The van der Waals surface area contributed by atoms with E-state index in [-0.39, 0.29) is 5.41 Å². The van der Waals surface area contributed by atoms with Gasteiger partial charge in [-0.05, 0) is 35.4 Å². The van der Waals surface area contributed by atoms with Crippen molar-refractivity contribution in [3.63, 3.8) is 0 Å². The molecule has 3 aromatic carbocycles. The fourth-order valence-corrected chi connectivity index (χ4v) is 4.86. The van der Waals surface area contributed by atoms with E-state index in [0.29, 0.717) is 0 Å². The van der Waals surface area contributed by atoms with Crippen LogP contribution in [-0.4, -0.2) is 0 Å². The zero-order chi connectivity index (χ0) is 16.9. The van der Waals surface area contributed by atoms with Crippen LogP contribution in [0.5, 0.6) is 0 Å². The Labute approximate surface area is 151 Å². The predicted octanol–water partition coefficient (Wildman–Crippen LogP) is 7.05. The van der Waals surface area contributed by atoms with Gasteiger partial charge in [0.15, 0.2) is 0 Å². The molecule has 0 nitrogen and oxygen atoms in total. The molecule has 0 fully saturated rings. The van der Waals surface area contributed by atoms with Crippen LogP contribution in [0.3, 0.4) is 0 Å². The number of thiophene rings is 1. The highest BCUT2D eigenvalue weighted by Crippen LogP contribution is 2.41. The van der Waals surface area contributed by atoms with Crippen molar-refractivity contribution in [2.75, 3.05) is 0 Å². The number of hydrogen-bond donors (Lipinski definition) is 0. The lowest BCUT2D eigenvalue weighted by molar-refractivity contribution is 0.767. The van der Waals surface area contributed by atoms with E-state index < -0.39 is 0 Å². The molecule has 120 valence electrons. The Balaban J connectivity index is 1.75. The Morgan fingerprint density at radius 2 is 1.52 bits per heavy atom. The molecule has 0 radical (unpaired) electrons. The summed E-state index contributed by atoms with van der Waals surface area (Å²) in [5.41, 5.74) is 2.61. The van der Waals surface area contributed by atoms with Gasteiger partial charge in [0.25, 0.3) is 0 Å². The summed E-state index contributed by atoms with van der Waals surface area (Å²) in [6.45, 7) is 2.28. The Morgan fingerprint density at radius 3 is 2.40 bits per heavy atom. The standard InChI is InChI=1S/C24H18S/c1-24(18-8-3-2-4-9-18)15-13-20-21(14-16-24)25-22-12-11-17-7-5-6-10-19(17)23(20)22/h2-16H,1H3. The van der Waals surface area contributed by atoms with Gasteiger partial charge in [0.05, 0.1) is 0 Å². The highest BCUT2D eigenvalue weighted by molar-refractivity contribution is 7.20. The Bertz CT molecular complexity index is 1140. The zero-order valence-electron chi connectivity index (χ0n) is 14.1. The quantitative estimate of drug-likeness (QED) is 0.349. The largest absolute Gasteiger partial charge is 0.135 e. The number of benzene rings is 3. The third kappa shape index (κ3) is 2.27. The van der Waals surface area contributed by atoms with Gasteiger partial charge in [0, 0.05) is 25.9 Å². The molecule has 0 saturated heterocycles. The third-order valence-corrected chi connectivity index (χ3v) is 6.35. The van der Waals surface area contributed by atoms with Gasteiger partial charge in [-0.2, -0.15) is 0 Å². The second kappa shape index (κ2) is 5.44. The summed E-state index contributed by atoms with van der Waals surface area (Å²) in [5.74, 6) is 0. The zero-order valence-corrected chi connectivity index (χ0v) is 14.9. The van der Waals surface area contributed by atoms with Crippen LogP contribution in [0.25, 0.3) is 33.0 Å². The molecule has 1 atom stereocenters. The van der Waals surface area contributed by atoms with Gasteiger partial charge in [-0.3, -0.25) is 0 Å². The number of hydrogen-bond acceptors (Lipinski definition) is 1. The summed E-state index contributed by atoms with van der Waals surface area (Å²) in [7, 11) is 0. The normalized spacial score (nSPS) is 19.2. The van der Waals surface area contributed by atoms with Crippen LogP contribution in [0.15, 0.2) is 78.9 Å². The molecule has 0 saturated carbocycles. The van der Waals surface area contributed by atoms with E-state index >= 15 is 0 Å². The molecule has 1 aromatic heterocycles. The first-order chi connectivity index (χ1) is 12.2. The Morgan fingerprint density at radius 1 is 0.760 bits per heavy atom. The van der Waals surface area contributed by atoms with Gasteiger partial charge in [0.1, 0.15) is 0 Å². The van der Waals surface area contributed by atoms with Crippen LogP contribution in [-0.2, 0) is 5.41 Å². The van der Waals surface area contributed by atoms with E-state index in [1.54, 1.807) is 0 Å². The summed E-state index contributed by atoms with van der Waals surface area (Å²) in [4.78, 5) is 1.35. The van der Waals surface area contributed by atoms with Gasteiger partial charge in [-0.25, -0.2) is 0 Å². The highest BCUT2D eigenvalue weighted by Gasteiger charge is 2.23. The monoisotopic (exact) mass is 338 g/mol. The average Bonchev–Trinajstić information content (AvgIpc) is 2.95. The van der Waals surface area contributed by atoms with Crippen molar-refractivity contribution in [1.29, 1.82) is 0 Å². The minimum Gasteiger partial charge on any atom is -0.135 e. The summed E-state index contributed by atoms with van der Waals surface area (Å²) >= 11 is 1.89. The summed E-state index contributed by atoms with van der Waals surface area (Å²) in [6, 6.07) is 23.9. The molecule has 0 bridgehead atoms. The second-order valence-electron chi connectivity index (χ2n) is 6.86. The highest BCUT2D eigenvalue weighted by atomic mass is 32.1. The maximum atomic E-state index is 2.35. The average molecular weight is 338 g/mol. The Hall–Kier alpha value is -2.64. The molecule has 4 aromatic rings. The number of allylic oxidation sites excluding steroid dienone is 2. The molecule has 1 heterocycles. The lowest BCUT2D eigenvalue weighted by Gasteiger charge is -2.21. The number of rotatable bonds is 1. The van der Waals surface area contributed by atoms with Crippen molar-refractivity contribution in [2.24, 2.45) is 0 Å².